The molecule has 0 bridgehead atoms. The van der Waals surface area contributed by atoms with Gasteiger partial charge in [-0.2, -0.15) is 0 Å². The van der Waals surface area contributed by atoms with E-state index < -0.39 is 0 Å². The summed E-state index contributed by atoms with van der Waals surface area (Å²) in [5.41, 5.74) is 0.568. The molecular weight excluding hydrogens is 254 g/mol. The van der Waals surface area contributed by atoms with Crippen LogP contribution >= 0.6 is 0 Å². The highest BCUT2D eigenvalue weighted by molar-refractivity contribution is 5.95. The molecule has 0 aliphatic carbocycles. The van der Waals surface area contributed by atoms with Crippen LogP contribution in [0.2, 0.25) is 0 Å². The van der Waals surface area contributed by atoms with Gasteiger partial charge in [0.05, 0.1) is 0 Å². The molecule has 1 heterocycles. The number of carbonyl (C=O) groups excluding carboxylic acids is 2. The van der Waals surface area contributed by atoms with Crippen molar-refractivity contribution >= 4 is 11.7 Å². The zero-order valence-corrected chi connectivity index (χ0v) is 11.8. The van der Waals surface area contributed by atoms with Crippen LogP contribution in [0.4, 0.5) is 0 Å². The maximum absolute atomic E-state index is 12.6. The Kier molecular flexibility index (Phi) is 4.77. The molecule has 4 nitrogen and oxygen atoms in total. The van der Waals surface area contributed by atoms with Crippen molar-refractivity contribution in [3.8, 4) is 5.75 Å². The molecule has 1 amide bonds. The van der Waals surface area contributed by atoms with Crippen molar-refractivity contribution in [2.45, 2.75) is 45.1 Å². The molecule has 1 fully saturated rings. The van der Waals surface area contributed by atoms with Crippen LogP contribution in [-0.4, -0.2) is 34.3 Å². The van der Waals surface area contributed by atoms with E-state index in [-0.39, 0.29) is 23.5 Å². The Morgan fingerprint density at radius 1 is 1.20 bits per heavy atom. The molecule has 108 valence electrons. The first-order valence-corrected chi connectivity index (χ1v) is 7.17. The van der Waals surface area contributed by atoms with Gasteiger partial charge < -0.3 is 10.0 Å². The largest absolute Gasteiger partial charge is 0.508 e. The second kappa shape index (κ2) is 6.55. The van der Waals surface area contributed by atoms with Gasteiger partial charge in [0.25, 0.3) is 5.91 Å². The van der Waals surface area contributed by atoms with Crippen LogP contribution in [0.15, 0.2) is 24.3 Å². The van der Waals surface area contributed by atoms with E-state index in [1.54, 1.807) is 19.1 Å². The van der Waals surface area contributed by atoms with Crippen LogP contribution in [0.5, 0.6) is 5.75 Å². The Morgan fingerprint density at radius 2 is 1.90 bits per heavy atom. The van der Waals surface area contributed by atoms with E-state index in [0.29, 0.717) is 18.5 Å². The number of amides is 1. The van der Waals surface area contributed by atoms with E-state index >= 15 is 0 Å². The van der Waals surface area contributed by atoms with E-state index in [1.165, 1.54) is 12.1 Å². The fraction of sp³-hybridized carbons (Fsp3) is 0.500. The Balaban J connectivity index is 2.18. The van der Waals surface area contributed by atoms with E-state index in [2.05, 4.69) is 0 Å². The lowest BCUT2D eigenvalue weighted by atomic mass is 10.0. The number of phenols is 1. The second-order valence-corrected chi connectivity index (χ2v) is 5.45. The molecule has 20 heavy (non-hydrogen) atoms. The smallest absolute Gasteiger partial charge is 0.254 e. The Morgan fingerprint density at radius 3 is 2.55 bits per heavy atom. The van der Waals surface area contributed by atoms with Crippen LogP contribution in [-0.2, 0) is 4.79 Å². The predicted molar refractivity (Wildman–Crippen MR) is 76.7 cm³/mol. The minimum atomic E-state index is -0.0434. The number of hydrogen-bond donors (Lipinski definition) is 1. The van der Waals surface area contributed by atoms with Crippen molar-refractivity contribution in [1.29, 1.82) is 0 Å². The molecule has 0 radical (unpaired) electrons. The molecule has 1 aliphatic rings. The predicted octanol–water partition coefficient (Wildman–Crippen LogP) is 2.76. The number of likely N-dealkylation sites (tertiary alicyclic amines) is 1. The van der Waals surface area contributed by atoms with Gasteiger partial charge in [0.15, 0.2) is 0 Å². The summed E-state index contributed by atoms with van der Waals surface area (Å²) in [7, 11) is 0. The highest BCUT2D eigenvalue weighted by Gasteiger charge is 2.27. The Labute approximate surface area is 119 Å². The molecular formula is C16H21NO3. The molecule has 1 N–H and O–H groups in total. The zero-order valence-electron chi connectivity index (χ0n) is 11.8. The highest BCUT2D eigenvalue weighted by Crippen LogP contribution is 2.22. The summed E-state index contributed by atoms with van der Waals surface area (Å²) < 4.78 is 0. The summed E-state index contributed by atoms with van der Waals surface area (Å²) >= 11 is 0. The van der Waals surface area contributed by atoms with Crippen LogP contribution < -0.4 is 0 Å². The number of Topliss-reactive ketones (excluding diaryl/α,β-unsaturated/α-hetero) is 1. The normalized spacial score (nSPS) is 19.4. The molecule has 4 heteroatoms. The summed E-state index contributed by atoms with van der Waals surface area (Å²) in [4.78, 5) is 25.8. The summed E-state index contributed by atoms with van der Waals surface area (Å²) in [5, 5.41) is 9.30. The molecule has 0 saturated carbocycles. The first-order valence-electron chi connectivity index (χ1n) is 7.17. The van der Waals surface area contributed by atoms with Gasteiger partial charge in [0, 0.05) is 24.6 Å². The SMILES string of the molecule is CC(=O)CC1CCCCCN1C(=O)c1ccc(O)cc1. The fourth-order valence-corrected chi connectivity index (χ4v) is 2.76. The molecule has 2 rings (SSSR count). The van der Waals surface area contributed by atoms with Crippen molar-refractivity contribution in [2.24, 2.45) is 0 Å². The number of aromatic hydroxyl groups is 1. The number of benzene rings is 1. The molecule has 1 unspecified atom stereocenters. The monoisotopic (exact) mass is 275 g/mol. The van der Waals surface area contributed by atoms with Gasteiger partial charge >= 0.3 is 0 Å². The Hall–Kier alpha value is -1.84. The van der Waals surface area contributed by atoms with Crippen LogP contribution in [0.25, 0.3) is 0 Å². The lowest BCUT2D eigenvalue weighted by Crippen LogP contribution is -2.41. The van der Waals surface area contributed by atoms with Gasteiger partial charge in [-0.15, -0.1) is 0 Å². The average molecular weight is 275 g/mol. The number of carbonyl (C=O) groups is 2. The van der Waals surface area contributed by atoms with E-state index in [1.807, 2.05) is 4.90 Å². The number of rotatable bonds is 3. The topological polar surface area (TPSA) is 57.6 Å². The van der Waals surface area contributed by atoms with E-state index in [4.69, 9.17) is 0 Å². The molecule has 1 atom stereocenters. The third-order valence-corrected chi connectivity index (χ3v) is 3.78. The number of ketones is 1. The van der Waals surface area contributed by atoms with Gasteiger partial charge in [-0.05, 0) is 44.0 Å². The van der Waals surface area contributed by atoms with Crippen molar-refractivity contribution in [2.75, 3.05) is 6.54 Å². The van der Waals surface area contributed by atoms with Gasteiger partial charge in [0.1, 0.15) is 11.5 Å². The van der Waals surface area contributed by atoms with Gasteiger partial charge in [-0.25, -0.2) is 0 Å². The summed E-state index contributed by atoms with van der Waals surface area (Å²) in [6.45, 7) is 2.28. The third kappa shape index (κ3) is 3.59. The number of nitrogens with zero attached hydrogens (tertiary/aromatic N) is 1. The minimum absolute atomic E-state index is 0.0105. The summed E-state index contributed by atoms with van der Waals surface area (Å²) in [6, 6.07) is 6.31. The lowest BCUT2D eigenvalue weighted by Gasteiger charge is -2.29. The first-order chi connectivity index (χ1) is 9.58. The van der Waals surface area contributed by atoms with Crippen molar-refractivity contribution in [3.63, 3.8) is 0 Å². The summed E-state index contributed by atoms with van der Waals surface area (Å²) in [5.74, 6) is 0.233. The molecule has 0 aromatic heterocycles. The van der Waals surface area contributed by atoms with Gasteiger partial charge in [0.2, 0.25) is 0 Å². The molecule has 1 aromatic carbocycles. The highest BCUT2D eigenvalue weighted by atomic mass is 16.3. The summed E-state index contributed by atoms with van der Waals surface area (Å²) in [6.07, 6.45) is 4.48. The molecule has 1 aliphatic heterocycles. The van der Waals surface area contributed by atoms with E-state index in [0.717, 1.165) is 25.7 Å². The molecule has 1 saturated heterocycles. The lowest BCUT2D eigenvalue weighted by molar-refractivity contribution is -0.118. The number of phenolic OH excluding ortho intramolecular Hbond substituents is 1. The Bertz CT molecular complexity index is 481. The van der Waals surface area contributed by atoms with Crippen molar-refractivity contribution in [3.05, 3.63) is 29.8 Å². The third-order valence-electron chi connectivity index (χ3n) is 3.78. The van der Waals surface area contributed by atoms with Gasteiger partial charge in [-0.3, -0.25) is 9.59 Å². The van der Waals surface area contributed by atoms with Gasteiger partial charge in [-0.1, -0.05) is 12.8 Å². The number of hydrogen-bond acceptors (Lipinski definition) is 3. The van der Waals surface area contributed by atoms with Crippen LogP contribution in [0, 0.1) is 0 Å². The fourth-order valence-electron chi connectivity index (χ4n) is 2.76. The second-order valence-electron chi connectivity index (χ2n) is 5.45. The first kappa shape index (κ1) is 14.6. The standard InChI is InChI=1S/C16H21NO3/c1-12(18)11-14-5-3-2-4-10-17(14)16(20)13-6-8-15(19)9-7-13/h6-9,14,19H,2-5,10-11H2,1H3. The maximum Gasteiger partial charge on any atom is 0.254 e. The van der Waals surface area contributed by atoms with E-state index in [9.17, 15) is 14.7 Å². The van der Waals surface area contributed by atoms with Crippen LogP contribution in [0.3, 0.4) is 0 Å². The molecule has 1 aromatic rings. The van der Waals surface area contributed by atoms with Crippen LogP contribution in [0.1, 0.15) is 49.4 Å². The quantitative estimate of drug-likeness (QED) is 0.922. The zero-order chi connectivity index (χ0) is 14.5. The minimum Gasteiger partial charge on any atom is -0.508 e. The molecule has 0 spiro atoms. The van der Waals surface area contributed by atoms with Crippen molar-refractivity contribution in [1.82, 2.24) is 4.90 Å². The average Bonchev–Trinajstić information content (AvgIpc) is 2.63. The van der Waals surface area contributed by atoms with Crippen molar-refractivity contribution < 1.29 is 14.7 Å². The maximum atomic E-state index is 12.6.